The van der Waals surface area contributed by atoms with E-state index in [2.05, 4.69) is 0 Å². The number of carbonyl (C=O) groups excluding carboxylic acids is 2. The van der Waals surface area contributed by atoms with Gasteiger partial charge in [-0.2, -0.15) is 0 Å². The molecule has 0 spiro atoms. The van der Waals surface area contributed by atoms with E-state index < -0.39 is 17.5 Å². The van der Waals surface area contributed by atoms with Crippen LogP contribution in [0.2, 0.25) is 5.02 Å². The number of hydrogen-bond acceptors (Lipinski definition) is 3. The third-order valence-corrected chi connectivity index (χ3v) is 4.33. The number of Topliss-reactive ketones (excluding diaryl/α,β-unsaturated/α-hetero) is 1. The van der Waals surface area contributed by atoms with Crippen LogP contribution >= 0.6 is 11.6 Å². The van der Waals surface area contributed by atoms with Gasteiger partial charge in [-0.05, 0) is 36.4 Å². The van der Waals surface area contributed by atoms with E-state index in [1.54, 1.807) is 25.3 Å². The van der Waals surface area contributed by atoms with Gasteiger partial charge in [0, 0.05) is 10.6 Å². The minimum absolute atomic E-state index is 0.219. The van der Waals surface area contributed by atoms with Gasteiger partial charge in [-0.25, -0.2) is 4.39 Å². The van der Waals surface area contributed by atoms with E-state index >= 15 is 0 Å². The van der Waals surface area contributed by atoms with Crippen molar-refractivity contribution in [1.29, 1.82) is 0 Å². The fraction of sp³-hybridized carbons (Fsp3) is 0.222. The Kier molecular flexibility index (Phi) is 4.74. The number of ether oxygens (including phenoxy) is 1. The maximum absolute atomic E-state index is 13.5. The molecule has 2 aromatic rings. The average Bonchev–Trinajstić information content (AvgIpc) is 2.79. The summed E-state index contributed by atoms with van der Waals surface area (Å²) in [5.74, 6) is -1.04. The van der Waals surface area contributed by atoms with Crippen LogP contribution in [0.4, 0.5) is 10.1 Å². The van der Waals surface area contributed by atoms with Gasteiger partial charge in [0.2, 0.25) is 0 Å². The Hall–Kier alpha value is -2.44. The number of halogens is 2. The van der Waals surface area contributed by atoms with Crippen molar-refractivity contribution in [3.05, 3.63) is 58.4 Å². The van der Waals surface area contributed by atoms with E-state index in [4.69, 9.17) is 16.3 Å². The first-order valence-corrected chi connectivity index (χ1v) is 8.08. The lowest BCUT2D eigenvalue weighted by Crippen LogP contribution is -3.09. The molecule has 0 bridgehead atoms. The first-order chi connectivity index (χ1) is 11.9. The quantitative estimate of drug-likeness (QED) is 0.822. The summed E-state index contributed by atoms with van der Waals surface area (Å²) in [6.45, 7) is 0.739. The number of anilines is 1. The molecule has 0 radical (unpaired) electrons. The smallest absolute Gasteiger partial charge is 0.303 e. The summed E-state index contributed by atoms with van der Waals surface area (Å²) in [5, 5.41) is 0.587. The van der Waals surface area contributed by atoms with Gasteiger partial charge in [0.05, 0.1) is 25.4 Å². The Balaban J connectivity index is 1.81. The fourth-order valence-corrected chi connectivity index (χ4v) is 3.16. The molecule has 1 N–H and O–H groups in total. The lowest BCUT2D eigenvalue weighted by Gasteiger charge is -2.22. The number of ketones is 1. The molecule has 5 nitrogen and oxygen atoms in total. The predicted molar refractivity (Wildman–Crippen MR) is 91.7 cm³/mol. The van der Waals surface area contributed by atoms with Crippen LogP contribution in [-0.2, 0) is 11.3 Å². The molecule has 0 aliphatic carbocycles. The highest BCUT2D eigenvalue weighted by Crippen LogP contribution is 2.28. The number of nitrogens with zero attached hydrogens (tertiary/aromatic N) is 1. The molecule has 0 aromatic heterocycles. The summed E-state index contributed by atoms with van der Waals surface area (Å²) in [6, 6.07) is 9.06. The molecule has 2 aromatic carbocycles. The molecular formula is C18H17ClFN2O3+. The highest BCUT2D eigenvalue weighted by atomic mass is 35.5. The lowest BCUT2D eigenvalue weighted by atomic mass is 10.1. The molecule has 1 aliphatic heterocycles. The summed E-state index contributed by atoms with van der Waals surface area (Å²) in [7, 11) is 3.44. The van der Waals surface area contributed by atoms with Crippen molar-refractivity contribution in [2.45, 2.75) is 6.54 Å². The SMILES string of the molecule is COc1ccc(Cl)cc1C[NH+](C)CN1C(=O)C(=O)c2ccc(F)cc21. The van der Waals surface area contributed by atoms with Gasteiger partial charge in [0.15, 0.2) is 6.67 Å². The molecule has 1 amide bonds. The van der Waals surface area contributed by atoms with E-state index in [9.17, 15) is 14.0 Å². The van der Waals surface area contributed by atoms with E-state index in [1.807, 2.05) is 7.05 Å². The van der Waals surface area contributed by atoms with Crippen LogP contribution in [0.3, 0.4) is 0 Å². The Labute approximate surface area is 149 Å². The van der Waals surface area contributed by atoms with Crippen molar-refractivity contribution < 1.29 is 23.6 Å². The number of rotatable bonds is 5. The molecule has 0 saturated carbocycles. The number of amides is 1. The van der Waals surface area contributed by atoms with Crippen LogP contribution in [0.25, 0.3) is 0 Å². The number of methoxy groups -OCH3 is 1. The molecule has 1 aliphatic rings. The van der Waals surface area contributed by atoms with Gasteiger partial charge in [-0.1, -0.05) is 11.6 Å². The maximum atomic E-state index is 13.5. The Bertz CT molecular complexity index is 856. The topological polar surface area (TPSA) is 51.1 Å². The summed E-state index contributed by atoms with van der Waals surface area (Å²) < 4.78 is 18.9. The second-order valence-electron chi connectivity index (χ2n) is 5.97. The molecular weight excluding hydrogens is 347 g/mol. The second kappa shape index (κ2) is 6.82. The Morgan fingerprint density at radius 1 is 1.20 bits per heavy atom. The Morgan fingerprint density at radius 2 is 1.96 bits per heavy atom. The van der Waals surface area contributed by atoms with Crippen molar-refractivity contribution in [2.24, 2.45) is 0 Å². The first-order valence-electron chi connectivity index (χ1n) is 7.70. The number of hydrogen-bond donors (Lipinski definition) is 1. The molecule has 7 heteroatoms. The number of quaternary nitrogens is 1. The number of fused-ring (bicyclic) bond motifs is 1. The van der Waals surface area contributed by atoms with Gasteiger partial charge >= 0.3 is 5.91 Å². The van der Waals surface area contributed by atoms with Crippen LogP contribution in [0.1, 0.15) is 15.9 Å². The van der Waals surface area contributed by atoms with Gasteiger partial charge in [0.25, 0.3) is 5.78 Å². The maximum Gasteiger partial charge on any atom is 0.303 e. The predicted octanol–water partition coefficient (Wildman–Crippen LogP) is 1.69. The third kappa shape index (κ3) is 3.36. The van der Waals surface area contributed by atoms with Crippen LogP contribution in [0, 0.1) is 5.82 Å². The van der Waals surface area contributed by atoms with Crippen molar-refractivity contribution in [3.63, 3.8) is 0 Å². The van der Waals surface area contributed by atoms with Gasteiger partial charge in [-0.3, -0.25) is 14.5 Å². The van der Waals surface area contributed by atoms with E-state index in [1.165, 1.54) is 23.1 Å². The van der Waals surface area contributed by atoms with Crippen molar-refractivity contribution in [3.8, 4) is 5.75 Å². The monoisotopic (exact) mass is 363 g/mol. The zero-order valence-corrected chi connectivity index (χ0v) is 14.6. The molecule has 1 heterocycles. The first kappa shape index (κ1) is 17.4. The summed E-state index contributed by atoms with van der Waals surface area (Å²) in [4.78, 5) is 26.5. The summed E-state index contributed by atoms with van der Waals surface area (Å²) in [5.41, 5.74) is 1.43. The number of nitrogens with one attached hydrogen (secondary N) is 1. The zero-order chi connectivity index (χ0) is 18.1. The summed E-state index contributed by atoms with van der Waals surface area (Å²) >= 11 is 6.04. The van der Waals surface area contributed by atoms with E-state index in [-0.39, 0.29) is 12.2 Å². The van der Waals surface area contributed by atoms with Crippen molar-refractivity contribution >= 4 is 29.0 Å². The van der Waals surface area contributed by atoms with E-state index in [0.29, 0.717) is 23.0 Å². The number of carbonyl (C=O) groups is 2. The van der Waals surface area contributed by atoms with Crippen molar-refractivity contribution in [1.82, 2.24) is 0 Å². The van der Waals surface area contributed by atoms with Gasteiger partial charge in [0.1, 0.15) is 18.1 Å². The highest BCUT2D eigenvalue weighted by Gasteiger charge is 2.37. The minimum atomic E-state index is -0.641. The standard InChI is InChI=1S/C18H16ClFN2O3/c1-21(9-11-7-12(19)3-6-16(11)25-2)10-22-15-8-13(20)4-5-14(15)17(23)18(22)24/h3-8H,9-10H2,1-2H3/p+1. The van der Waals surface area contributed by atoms with Crippen molar-refractivity contribution in [2.75, 3.05) is 25.7 Å². The molecule has 0 fully saturated rings. The van der Waals surface area contributed by atoms with Crippen LogP contribution in [-0.4, -0.2) is 32.5 Å². The Morgan fingerprint density at radius 3 is 2.68 bits per heavy atom. The van der Waals surface area contributed by atoms with Gasteiger partial charge in [-0.15, -0.1) is 0 Å². The molecule has 0 saturated heterocycles. The fourth-order valence-electron chi connectivity index (χ4n) is 2.96. The largest absolute Gasteiger partial charge is 0.496 e. The minimum Gasteiger partial charge on any atom is -0.496 e. The zero-order valence-electron chi connectivity index (χ0n) is 13.8. The molecule has 130 valence electrons. The normalized spacial score (nSPS) is 14.6. The summed E-state index contributed by atoms with van der Waals surface area (Å²) in [6.07, 6.45) is 0. The number of benzene rings is 2. The second-order valence-corrected chi connectivity index (χ2v) is 6.41. The molecule has 1 atom stereocenters. The van der Waals surface area contributed by atoms with Crippen LogP contribution in [0.5, 0.6) is 5.75 Å². The molecule has 1 unspecified atom stereocenters. The average molecular weight is 364 g/mol. The highest BCUT2D eigenvalue weighted by molar-refractivity contribution is 6.52. The molecule has 25 heavy (non-hydrogen) atoms. The van der Waals surface area contributed by atoms with E-state index in [0.717, 1.165) is 10.5 Å². The lowest BCUT2D eigenvalue weighted by molar-refractivity contribution is -0.892. The van der Waals surface area contributed by atoms with Crippen LogP contribution < -0.4 is 14.5 Å². The third-order valence-electron chi connectivity index (χ3n) is 4.10. The van der Waals surface area contributed by atoms with Crippen LogP contribution in [0.15, 0.2) is 36.4 Å². The van der Waals surface area contributed by atoms with Gasteiger partial charge < -0.3 is 9.64 Å². The molecule has 3 rings (SSSR count).